The lowest BCUT2D eigenvalue weighted by molar-refractivity contribution is -0.137. The average Bonchev–Trinajstić information content (AvgIpc) is 3.05. The Bertz CT molecular complexity index is 788. The molecule has 4 rings (SSSR count). The number of nitrogens with one attached hydrogen (secondary N) is 1. The Hall–Kier alpha value is -2.42. The molecule has 6 nitrogen and oxygen atoms in total. The average molecular weight is 379 g/mol. The van der Waals surface area contributed by atoms with Crippen LogP contribution in [0.15, 0.2) is 36.9 Å². The number of halogens is 3. The molecule has 2 aromatic rings. The largest absolute Gasteiger partial charge is 0.419 e. The minimum absolute atomic E-state index is 0.0210. The molecule has 9 heteroatoms. The summed E-state index contributed by atoms with van der Waals surface area (Å²) in [5, 5.41) is 13.7. The maximum absolute atomic E-state index is 13.3. The number of nitrogens with zero attached hydrogens (tertiary/aromatic N) is 4. The van der Waals surface area contributed by atoms with Gasteiger partial charge in [-0.05, 0) is 36.8 Å². The minimum atomic E-state index is -4.44. The van der Waals surface area contributed by atoms with Crippen LogP contribution < -0.4 is 10.2 Å². The van der Waals surface area contributed by atoms with Gasteiger partial charge in [-0.15, -0.1) is 0 Å². The molecule has 1 aliphatic heterocycles. The quantitative estimate of drug-likeness (QED) is 0.854. The van der Waals surface area contributed by atoms with Crippen LogP contribution >= 0.6 is 0 Å². The highest BCUT2D eigenvalue weighted by Crippen LogP contribution is 2.42. The van der Waals surface area contributed by atoms with Crippen LogP contribution in [0, 0.1) is 11.8 Å². The van der Waals surface area contributed by atoms with Crippen molar-refractivity contribution >= 4 is 11.6 Å². The van der Waals surface area contributed by atoms with Crippen molar-refractivity contribution in [1.29, 1.82) is 0 Å². The number of aliphatic hydroxyl groups excluding tert-OH is 1. The molecule has 4 atom stereocenters. The first-order chi connectivity index (χ1) is 12.9. The van der Waals surface area contributed by atoms with Crippen LogP contribution in [0.2, 0.25) is 0 Å². The molecule has 144 valence electrons. The molecule has 0 amide bonds. The zero-order valence-corrected chi connectivity index (χ0v) is 14.5. The molecular weight excluding hydrogens is 359 g/mol. The monoisotopic (exact) mass is 379 g/mol. The Morgan fingerprint density at radius 1 is 1.07 bits per heavy atom. The number of alkyl halides is 3. The first-order valence-corrected chi connectivity index (χ1v) is 8.89. The molecule has 0 bridgehead atoms. The lowest BCUT2D eigenvalue weighted by atomic mass is 9.77. The SMILES string of the molecule is O[C@@H]1C[C@H]2CN(c3ncccc3C(F)(F)F)C[C@H]2C[C@H]1Nc1cnccn1. The molecule has 0 radical (unpaired) electrons. The van der Waals surface area contributed by atoms with E-state index in [9.17, 15) is 18.3 Å². The van der Waals surface area contributed by atoms with Gasteiger partial charge in [0, 0.05) is 31.7 Å². The van der Waals surface area contributed by atoms with Gasteiger partial charge in [0.1, 0.15) is 11.6 Å². The van der Waals surface area contributed by atoms with Crippen LogP contribution in [0.4, 0.5) is 24.8 Å². The first kappa shape index (κ1) is 18.0. The Kier molecular flexibility index (Phi) is 4.63. The number of anilines is 2. The summed E-state index contributed by atoms with van der Waals surface area (Å²) < 4.78 is 39.9. The van der Waals surface area contributed by atoms with Gasteiger partial charge in [-0.2, -0.15) is 13.2 Å². The summed E-state index contributed by atoms with van der Waals surface area (Å²) in [7, 11) is 0. The van der Waals surface area contributed by atoms with E-state index in [0.29, 0.717) is 31.7 Å². The first-order valence-electron chi connectivity index (χ1n) is 8.89. The van der Waals surface area contributed by atoms with E-state index in [-0.39, 0.29) is 23.7 Å². The molecule has 3 heterocycles. The highest BCUT2D eigenvalue weighted by molar-refractivity contribution is 5.49. The van der Waals surface area contributed by atoms with Crippen molar-refractivity contribution in [2.45, 2.75) is 31.2 Å². The third-order valence-electron chi connectivity index (χ3n) is 5.43. The Labute approximate surface area is 154 Å². The second-order valence-corrected chi connectivity index (χ2v) is 7.18. The number of rotatable bonds is 3. The summed E-state index contributed by atoms with van der Waals surface area (Å²) in [6.07, 6.45) is 2.28. The third-order valence-corrected chi connectivity index (χ3v) is 5.43. The fraction of sp³-hybridized carbons (Fsp3) is 0.500. The van der Waals surface area contributed by atoms with Gasteiger partial charge in [0.05, 0.1) is 23.9 Å². The van der Waals surface area contributed by atoms with Crippen molar-refractivity contribution in [1.82, 2.24) is 15.0 Å². The molecule has 2 aliphatic rings. The fourth-order valence-electron chi connectivity index (χ4n) is 4.19. The third kappa shape index (κ3) is 3.69. The van der Waals surface area contributed by atoms with Gasteiger partial charge in [-0.25, -0.2) is 9.97 Å². The zero-order valence-electron chi connectivity index (χ0n) is 14.5. The molecule has 0 aromatic carbocycles. The van der Waals surface area contributed by atoms with Crippen molar-refractivity contribution in [3.05, 3.63) is 42.5 Å². The highest BCUT2D eigenvalue weighted by atomic mass is 19.4. The number of pyridine rings is 1. The van der Waals surface area contributed by atoms with E-state index >= 15 is 0 Å². The van der Waals surface area contributed by atoms with E-state index in [0.717, 1.165) is 6.07 Å². The van der Waals surface area contributed by atoms with Crippen LogP contribution in [0.1, 0.15) is 18.4 Å². The van der Waals surface area contributed by atoms with Gasteiger partial charge < -0.3 is 15.3 Å². The maximum Gasteiger partial charge on any atom is 0.419 e. The Morgan fingerprint density at radius 3 is 2.56 bits per heavy atom. The van der Waals surface area contributed by atoms with Crippen LogP contribution in [0.5, 0.6) is 0 Å². The van der Waals surface area contributed by atoms with Gasteiger partial charge in [0.15, 0.2) is 0 Å². The fourth-order valence-corrected chi connectivity index (χ4v) is 4.19. The maximum atomic E-state index is 13.3. The van der Waals surface area contributed by atoms with E-state index < -0.39 is 17.8 Å². The molecule has 2 N–H and O–H groups in total. The molecule has 2 fully saturated rings. The van der Waals surface area contributed by atoms with Crippen molar-refractivity contribution in [3.8, 4) is 0 Å². The topological polar surface area (TPSA) is 74.2 Å². The van der Waals surface area contributed by atoms with E-state index in [1.165, 1.54) is 12.3 Å². The van der Waals surface area contributed by atoms with E-state index in [1.54, 1.807) is 23.5 Å². The predicted molar refractivity (Wildman–Crippen MR) is 93.1 cm³/mol. The van der Waals surface area contributed by atoms with Gasteiger partial charge in [0.25, 0.3) is 0 Å². The van der Waals surface area contributed by atoms with Crippen LogP contribution in [-0.2, 0) is 6.18 Å². The minimum Gasteiger partial charge on any atom is -0.391 e. The summed E-state index contributed by atoms with van der Waals surface area (Å²) in [6.45, 7) is 0.968. The standard InChI is InChI=1S/C18H20F3N5O/c19-18(20,21)13-2-1-3-24-17(13)26-9-11-6-14(15(27)7-12(11)10-26)25-16-8-22-4-5-23-16/h1-5,8,11-12,14-15,27H,6-7,9-10H2,(H,23,25)/t11-,12+,14-,15-/m1/s1. The summed E-state index contributed by atoms with van der Waals surface area (Å²) in [5.74, 6) is 0.889. The smallest absolute Gasteiger partial charge is 0.391 e. The predicted octanol–water partition coefficient (Wildman–Crippen LogP) is 2.58. The summed E-state index contributed by atoms with van der Waals surface area (Å²) in [6, 6.07) is 2.17. The van der Waals surface area contributed by atoms with Crippen molar-refractivity contribution < 1.29 is 18.3 Å². The lowest BCUT2D eigenvalue weighted by Crippen LogP contribution is -2.43. The molecular formula is C18H20F3N5O. The van der Waals surface area contributed by atoms with Crippen molar-refractivity contribution in [2.75, 3.05) is 23.3 Å². The second kappa shape index (κ2) is 6.95. The second-order valence-electron chi connectivity index (χ2n) is 7.18. The molecule has 2 aromatic heterocycles. The Balaban J connectivity index is 1.49. The van der Waals surface area contributed by atoms with Crippen molar-refractivity contribution in [3.63, 3.8) is 0 Å². The number of fused-ring (bicyclic) bond motifs is 1. The van der Waals surface area contributed by atoms with E-state index in [2.05, 4.69) is 20.3 Å². The van der Waals surface area contributed by atoms with Gasteiger partial charge in [0.2, 0.25) is 0 Å². The molecule has 27 heavy (non-hydrogen) atoms. The zero-order chi connectivity index (χ0) is 19.0. The normalized spacial score (nSPS) is 28.1. The van der Waals surface area contributed by atoms with Gasteiger partial charge in [-0.1, -0.05) is 0 Å². The highest BCUT2D eigenvalue weighted by Gasteiger charge is 2.44. The molecule has 0 unspecified atom stereocenters. The number of hydrogen-bond acceptors (Lipinski definition) is 6. The Morgan fingerprint density at radius 2 is 1.85 bits per heavy atom. The lowest BCUT2D eigenvalue weighted by Gasteiger charge is -2.35. The summed E-state index contributed by atoms with van der Waals surface area (Å²) >= 11 is 0. The van der Waals surface area contributed by atoms with Crippen LogP contribution in [0.3, 0.4) is 0 Å². The number of aliphatic hydroxyl groups is 1. The van der Waals surface area contributed by atoms with E-state index in [4.69, 9.17) is 0 Å². The summed E-state index contributed by atoms with van der Waals surface area (Å²) in [5.41, 5.74) is -0.710. The van der Waals surface area contributed by atoms with Crippen LogP contribution in [0.25, 0.3) is 0 Å². The van der Waals surface area contributed by atoms with Gasteiger partial charge in [-0.3, -0.25) is 4.98 Å². The number of aromatic nitrogens is 3. The van der Waals surface area contributed by atoms with Gasteiger partial charge >= 0.3 is 6.18 Å². The number of hydrogen-bond donors (Lipinski definition) is 2. The molecule has 1 saturated carbocycles. The van der Waals surface area contributed by atoms with E-state index in [1.807, 2.05) is 0 Å². The molecule has 1 aliphatic carbocycles. The molecule has 1 saturated heterocycles. The summed E-state index contributed by atoms with van der Waals surface area (Å²) in [4.78, 5) is 13.9. The van der Waals surface area contributed by atoms with Crippen LogP contribution in [-0.4, -0.2) is 45.3 Å². The van der Waals surface area contributed by atoms with Crippen molar-refractivity contribution in [2.24, 2.45) is 11.8 Å². The molecule has 0 spiro atoms.